The van der Waals surface area contributed by atoms with E-state index in [1.54, 1.807) is 0 Å². The molecule has 0 aromatic rings. The molecule has 0 spiro atoms. The molecule has 0 heterocycles. The Morgan fingerprint density at radius 1 is 0.307 bits per heavy atom. The molecule has 0 aliphatic carbocycles. The molecule has 0 saturated carbocycles. The van der Waals surface area contributed by atoms with E-state index in [4.69, 9.17) is 37.0 Å². The molecule has 0 saturated heterocycles. The van der Waals surface area contributed by atoms with Crippen molar-refractivity contribution in [1.29, 1.82) is 0 Å². The van der Waals surface area contributed by atoms with E-state index in [0.29, 0.717) is 31.6 Å². The van der Waals surface area contributed by atoms with Crippen LogP contribution in [-0.4, -0.2) is 96.7 Å². The van der Waals surface area contributed by atoms with Crippen LogP contribution >= 0.6 is 15.6 Å². The first-order valence-corrected chi connectivity index (χ1v) is 38.8. The topological polar surface area (TPSA) is 237 Å². The molecule has 0 rings (SSSR count). The fraction of sp³-hybridized carbons (Fsp3) is 0.942. The molecule has 0 aliphatic heterocycles. The van der Waals surface area contributed by atoms with E-state index in [0.717, 1.165) is 108 Å². The lowest BCUT2D eigenvalue weighted by molar-refractivity contribution is -0.161. The molecule has 19 heteroatoms. The van der Waals surface area contributed by atoms with Crippen LogP contribution in [0.4, 0.5) is 0 Å². The number of hydrogen-bond acceptors (Lipinski definition) is 15. The second-order valence-electron chi connectivity index (χ2n) is 26.3. The highest BCUT2D eigenvalue weighted by Crippen LogP contribution is 2.45. The zero-order chi connectivity index (χ0) is 65.2. The number of phosphoric ester groups is 2. The minimum Gasteiger partial charge on any atom is -0.462 e. The zero-order valence-corrected chi connectivity index (χ0v) is 59.0. The predicted octanol–water partition coefficient (Wildman–Crippen LogP) is 19.5. The zero-order valence-electron chi connectivity index (χ0n) is 57.2. The van der Waals surface area contributed by atoms with Gasteiger partial charge in [0.05, 0.1) is 26.4 Å². The van der Waals surface area contributed by atoms with Gasteiger partial charge in [0.2, 0.25) is 0 Å². The summed E-state index contributed by atoms with van der Waals surface area (Å²) in [6.07, 6.45) is 43.0. The molecule has 17 nitrogen and oxygen atoms in total. The Bertz CT molecular complexity index is 1730. The summed E-state index contributed by atoms with van der Waals surface area (Å²) in [6, 6.07) is 0. The first kappa shape index (κ1) is 86.1. The van der Waals surface area contributed by atoms with Gasteiger partial charge in [-0.25, -0.2) is 9.13 Å². The van der Waals surface area contributed by atoms with Crippen molar-refractivity contribution < 1.29 is 80.2 Å². The number of unbranched alkanes of at least 4 members (excludes halogenated alkanes) is 35. The summed E-state index contributed by atoms with van der Waals surface area (Å²) >= 11 is 0. The largest absolute Gasteiger partial charge is 0.472 e. The van der Waals surface area contributed by atoms with Gasteiger partial charge in [0, 0.05) is 25.7 Å². The number of carbonyl (C=O) groups excluding carboxylic acids is 4. The second-order valence-corrected chi connectivity index (χ2v) is 29.3. The average molecular weight is 1300 g/mol. The van der Waals surface area contributed by atoms with Crippen molar-refractivity contribution in [2.24, 2.45) is 17.8 Å². The molecule has 0 aliphatic rings. The molecule has 3 N–H and O–H groups in total. The highest BCUT2D eigenvalue weighted by Gasteiger charge is 2.30. The lowest BCUT2D eigenvalue weighted by atomic mass is 10.0. The fourth-order valence-electron chi connectivity index (χ4n) is 10.4. The standard InChI is InChI=1S/C69H134O17P2/c1-8-9-10-11-12-13-15-23-30-38-45-52-68(73)86-65(57-80-67(72)51-44-37-32-25-28-35-42-49-62(6)7)59-84-88(77,78)82-55-63(70)54-81-87(75,76)83-58-64(56-79-66(71)50-43-36-29-22-19-18-21-27-34-41-48-61(4)5)85-69(74)53-46-39-31-24-17-14-16-20-26-33-40-47-60(2)3/h60-65,70H,8-59H2,1-7H3,(H,75,76)(H,77,78)/t63-,64-,65-/m1/s1. The van der Waals surface area contributed by atoms with Crippen LogP contribution < -0.4 is 0 Å². The van der Waals surface area contributed by atoms with Gasteiger partial charge in [-0.1, -0.05) is 292 Å². The molecule has 5 atom stereocenters. The number of carbonyl (C=O) groups is 4. The molecule has 0 fully saturated rings. The first-order valence-electron chi connectivity index (χ1n) is 35.8. The lowest BCUT2D eigenvalue weighted by Gasteiger charge is -2.21. The molecule has 0 aromatic carbocycles. The average Bonchev–Trinajstić information content (AvgIpc) is 3.48. The third kappa shape index (κ3) is 62.8. The molecule has 0 radical (unpaired) electrons. The minimum atomic E-state index is -4.95. The number of ether oxygens (including phenoxy) is 4. The fourth-order valence-corrected chi connectivity index (χ4v) is 11.9. The van der Waals surface area contributed by atoms with E-state index >= 15 is 0 Å². The van der Waals surface area contributed by atoms with Crippen molar-refractivity contribution in [3.63, 3.8) is 0 Å². The highest BCUT2D eigenvalue weighted by atomic mass is 31.2. The Hall–Kier alpha value is -1.94. The third-order valence-electron chi connectivity index (χ3n) is 15.9. The summed E-state index contributed by atoms with van der Waals surface area (Å²) in [7, 11) is -9.90. The van der Waals surface area contributed by atoms with Crippen LogP contribution in [0.15, 0.2) is 0 Å². The number of phosphoric acid groups is 2. The number of rotatable bonds is 67. The van der Waals surface area contributed by atoms with Gasteiger partial charge >= 0.3 is 39.5 Å². The quantitative estimate of drug-likeness (QED) is 0.0222. The van der Waals surface area contributed by atoms with Crippen molar-refractivity contribution in [3.05, 3.63) is 0 Å². The van der Waals surface area contributed by atoms with Crippen LogP contribution in [0.3, 0.4) is 0 Å². The molecular formula is C69H134O17P2. The molecule has 88 heavy (non-hydrogen) atoms. The SMILES string of the molecule is CCCCCCCCCCCCCC(=O)O[C@H](COC(=O)CCCCCCCCCC(C)C)COP(=O)(O)OC[C@H](O)COP(=O)(O)OC[C@@H](COC(=O)CCCCCCCCCCCCC(C)C)OC(=O)CCCCCCCCCCCCCC(C)C. The predicted molar refractivity (Wildman–Crippen MR) is 354 cm³/mol. The van der Waals surface area contributed by atoms with Gasteiger partial charge in [-0.2, -0.15) is 0 Å². The summed E-state index contributed by atoms with van der Waals surface area (Å²) in [5, 5.41) is 10.6. The van der Waals surface area contributed by atoms with E-state index in [1.165, 1.54) is 148 Å². The van der Waals surface area contributed by atoms with Gasteiger partial charge in [0.1, 0.15) is 19.3 Å². The summed E-state index contributed by atoms with van der Waals surface area (Å²) < 4.78 is 68.2. The van der Waals surface area contributed by atoms with Crippen LogP contribution in [0.25, 0.3) is 0 Å². The Labute approximate surface area is 537 Å². The highest BCUT2D eigenvalue weighted by molar-refractivity contribution is 7.47. The van der Waals surface area contributed by atoms with Gasteiger partial charge in [-0.05, 0) is 43.4 Å². The second kappa shape index (κ2) is 60.0. The molecule has 2 unspecified atom stereocenters. The molecule has 0 bridgehead atoms. The molecular weight excluding hydrogens is 1160 g/mol. The molecule has 0 amide bonds. The van der Waals surface area contributed by atoms with Gasteiger partial charge in [0.25, 0.3) is 0 Å². The molecule has 0 aromatic heterocycles. The Balaban J connectivity index is 5.25. The van der Waals surface area contributed by atoms with Crippen LogP contribution in [-0.2, 0) is 65.4 Å². The van der Waals surface area contributed by atoms with E-state index in [-0.39, 0.29) is 25.7 Å². The summed E-state index contributed by atoms with van der Waals surface area (Å²) in [4.78, 5) is 72.5. The van der Waals surface area contributed by atoms with Crippen molar-refractivity contribution in [2.75, 3.05) is 39.6 Å². The maximum absolute atomic E-state index is 13.0. The van der Waals surface area contributed by atoms with Crippen molar-refractivity contribution >= 4 is 39.5 Å². The summed E-state index contributed by atoms with van der Waals surface area (Å²) in [6.45, 7) is 11.8. The van der Waals surface area contributed by atoms with E-state index in [2.05, 4.69) is 48.5 Å². The van der Waals surface area contributed by atoms with Crippen LogP contribution in [0.2, 0.25) is 0 Å². The van der Waals surface area contributed by atoms with Crippen LogP contribution in [0.5, 0.6) is 0 Å². The van der Waals surface area contributed by atoms with Gasteiger partial charge in [-0.3, -0.25) is 37.3 Å². The Morgan fingerprint density at radius 2 is 0.523 bits per heavy atom. The van der Waals surface area contributed by atoms with Crippen molar-refractivity contribution in [1.82, 2.24) is 0 Å². The third-order valence-corrected chi connectivity index (χ3v) is 17.8. The van der Waals surface area contributed by atoms with Crippen molar-refractivity contribution in [3.8, 4) is 0 Å². The van der Waals surface area contributed by atoms with Crippen LogP contribution in [0, 0.1) is 17.8 Å². The Kier molecular flexibility index (Phi) is 58.7. The number of aliphatic hydroxyl groups is 1. The maximum Gasteiger partial charge on any atom is 0.472 e. The Morgan fingerprint density at radius 3 is 0.773 bits per heavy atom. The first-order chi connectivity index (χ1) is 42.2. The van der Waals surface area contributed by atoms with Crippen LogP contribution in [0.1, 0.15) is 344 Å². The summed E-state index contributed by atoms with van der Waals surface area (Å²) in [5.74, 6) is 0.101. The minimum absolute atomic E-state index is 0.106. The monoisotopic (exact) mass is 1300 g/mol. The summed E-state index contributed by atoms with van der Waals surface area (Å²) in [5.41, 5.74) is 0. The van der Waals surface area contributed by atoms with Gasteiger partial charge in [0.15, 0.2) is 12.2 Å². The van der Waals surface area contributed by atoms with E-state index in [1.807, 2.05) is 0 Å². The normalized spacial score (nSPS) is 14.2. The maximum atomic E-state index is 13.0. The van der Waals surface area contributed by atoms with Crippen molar-refractivity contribution in [2.45, 2.75) is 362 Å². The number of hydrogen-bond donors (Lipinski definition) is 3. The van der Waals surface area contributed by atoms with E-state index in [9.17, 15) is 43.2 Å². The smallest absolute Gasteiger partial charge is 0.462 e. The van der Waals surface area contributed by atoms with Gasteiger partial charge < -0.3 is 33.8 Å². The number of aliphatic hydroxyl groups excluding tert-OH is 1. The number of esters is 4. The van der Waals surface area contributed by atoms with Gasteiger partial charge in [-0.15, -0.1) is 0 Å². The van der Waals surface area contributed by atoms with E-state index < -0.39 is 97.5 Å². The molecule has 522 valence electrons. The lowest BCUT2D eigenvalue weighted by Crippen LogP contribution is -2.30.